The number of rotatable bonds is 11. The minimum absolute atomic E-state index is 0. The number of carbonyl (C=O) groups excluding carboxylic acids is 1. The number of methoxy groups -OCH3 is 3. The van der Waals surface area contributed by atoms with Gasteiger partial charge in [0.05, 0.1) is 31.5 Å². The highest BCUT2D eigenvalue weighted by Gasteiger charge is 2.19. The summed E-state index contributed by atoms with van der Waals surface area (Å²) in [5.41, 5.74) is 1.66. The Kier molecular flexibility index (Phi) is 10.6. The van der Waals surface area contributed by atoms with Crippen molar-refractivity contribution in [1.82, 2.24) is 9.88 Å². The summed E-state index contributed by atoms with van der Waals surface area (Å²) >= 11 is 1.52. The summed E-state index contributed by atoms with van der Waals surface area (Å²) in [5, 5.41) is 0.697. The van der Waals surface area contributed by atoms with Crippen LogP contribution in [-0.4, -0.2) is 63.3 Å². The largest absolute Gasteiger partial charge is 0.493 e. The molecule has 1 aromatic heterocycles. The molecule has 0 atom stereocenters. The number of halogens is 1. The second-order valence-electron chi connectivity index (χ2n) is 7.27. The van der Waals surface area contributed by atoms with Gasteiger partial charge in [-0.25, -0.2) is 4.98 Å². The van der Waals surface area contributed by atoms with Crippen molar-refractivity contribution in [2.45, 2.75) is 13.8 Å². The number of hydrogen-bond donors (Lipinski definition) is 0. The average Bonchev–Trinajstić information content (AvgIpc) is 3.28. The van der Waals surface area contributed by atoms with Gasteiger partial charge in [0.1, 0.15) is 0 Å². The van der Waals surface area contributed by atoms with Crippen molar-refractivity contribution in [3.63, 3.8) is 0 Å². The molecule has 0 saturated carbocycles. The van der Waals surface area contributed by atoms with Crippen LogP contribution in [0.4, 0.5) is 5.13 Å². The topological polar surface area (TPSA) is 64.1 Å². The van der Waals surface area contributed by atoms with Crippen LogP contribution in [0.2, 0.25) is 0 Å². The molecule has 0 bridgehead atoms. The Labute approximate surface area is 211 Å². The van der Waals surface area contributed by atoms with Crippen molar-refractivity contribution >= 4 is 51.1 Å². The van der Waals surface area contributed by atoms with Gasteiger partial charge in [0.2, 0.25) is 5.75 Å². The SMILES string of the molecule is CCN(CC)CCN(C(=O)C=Cc1cc(OC)c(OC)c(OC)c1)c1nc2ccccc2s1.Cl. The number of likely N-dealkylation sites (N-methyl/N-ethyl adjacent to an activating group) is 1. The highest BCUT2D eigenvalue weighted by molar-refractivity contribution is 7.22. The number of carbonyl (C=O) groups is 1. The number of hydrogen-bond acceptors (Lipinski definition) is 7. The molecule has 3 aromatic rings. The first-order valence-electron chi connectivity index (χ1n) is 10.9. The summed E-state index contributed by atoms with van der Waals surface area (Å²) in [7, 11) is 4.70. The maximum absolute atomic E-state index is 13.3. The highest BCUT2D eigenvalue weighted by Crippen LogP contribution is 2.38. The number of fused-ring (bicyclic) bond motifs is 1. The molecule has 7 nitrogen and oxygen atoms in total. The zero-order chi connectivity index (χ0) is 23.8. The lowest BCUT2D eigenvalue weighted by Crippen LogP contribution is -2.38. The van der Waals surface area contributed by atoms with Crippen molar-refractivity contribution in [1.29, 1.82) is 0 Å². The van der Waals surface area contributed by atoms with Crippen molar-refractivity contribution in [2.24, 2.45) is 0 Å². The molecule has 1 amide bonds. The van der Waals surface area contributed by atoms with Gasteiger partial charge in [-0.2, -0.15) is 0 Å². The Morgan fingerprint density at radius 2 is 1.65 bits per heavy atom. The molecule has 1 heterocycles. The third-order valence-corrected chi connectivity index (χ3v) is 6.48. The van der Waals surface area contributed by atoms with E-state index in [2.05, 4.69) is 18.7 Å². The van der Waals surface area contributed by atoms with E-state index in [0.29, 0.717) is 28.9 Å². The summed E-state index contributed by atoms with van der Waals surface area (Å²) in [4.78, 5) is 22.1. The van der Waals surface area contributed by atoms with E-state index in [-0.39, 0.29) is 18.3 Å². The van der Waals surface area contributed by atoms with Gasteiger partial charge in [-0.3, -0.25) is 9.69 Å². The number of anilines is 1. The van der Waals surface area contributed by atoms with Crippen LogP contribution in [0.5, 0.6) is 17.2 Å². The first kappa shape index (κ1) is 27.4. The number of thiazole rings is 1. The van der Waals surface area contributed by atoms with Gasteiger partial charge in [-0.1, -0.05) is 37.3 Å². The molecular formula is C25H32ClN3O4S. The zero-order valence-electron chi connectivity index (χ0n) is 20.2. The second-order valence-corrected chi connectivity index (χ2v) is 8.28. The van der Waals surface area contributed by atoms with Gasteiger partial charge in [-0.15, -0.1) is 12.4 Å². The molecule has 0 saturated heterocycles. The van der Waals surface area contributed by atoms with Gasteiger partial charge in [0.15, 0.2) is 16.6 Å². The summed E-state index contributed by atoms with van der Waals surface area (Å²) in [6.45, 7) is 7.43. The van der Waals surface area contributed by atoms with E-state index in [1.807, 2.05) is 36.4 Å². The molecular weight excluding hydrogens is 474 g/mol. The van der Waals surface area contributed by atoms with E-state index in [1.54, 1.807) is 38.4 Å². The molecule has 3 rings (SSSR count). The summed E-state index contributed by atoms with van der Waals surface area (Å²) in [6, 6.07) is 11.5. The number of aromatic nitrogens is 1. The number of amides is 1. The predicted molar refractivity (Wildman–Crippen MR) is 142 cm³/mol. The lowest BCUT2D eigenvalue weighted by Gasteiger charge is -2.23. The number of nitrogens with zero attached hydrogens (tertiary/aromatic N) is 3. The zero-order valence-corrected chi connectivity index (χ0v) is 21.9. The third-order valence-electron chi connectivity index (χ3n) is 5.42. The first-order chi connectivity index (χ1) is 16.0. The van der Waals surface area contributed by atoms with Crippen LogP contribution < -0.4 is 19.1 Å². The van der Waals surface area contributed by atoms with E-state index in [0.717, 1.165) is 35.4 Å². The van der Waals surface area contributed by atoms with Gasteiger partial charge in [0.25, 0.3) is 5.91 Å². The molecule has 0 fully saturated rings. The normalized spacial score (nSPS) is 11.0. The molecule has 2 aromatic carbocycles. The lowest BCUT2D eigenvalue weighted by atomic mass is 10.1. The van der Waals surface area contributed by atoms with Crippen LogP contribution >= 0.6 is 23.7 Å². The van der Waals surface area contributed by atoms with Crippen LogP contribution in [-0.2, 0) is 4.79 Å². The van der Waals surface area contributed by atoms with Crippen molar-refractivity contribution in [3.8, 4) is 17.2 Å². The van der Waals surface area contributed by atoms with E-state index < -0.39 is 0 Å². The molecule has 0 N–H and O–H groups in total. The van der Waals surface area contributed by atoms with Gasteiger partial charge >= 0.3 is 0 Å². The Morgan fingerprint density at radius 1 is 1.00 bits per heavy atom. The highest BCUT2D eigenvalue weighted by atomic mass is 35.5. The smallest absolute Gasteiger partial charge is 0.252 e. The van der Waals surface area contributed by atoms with Crippen LogP contribution in [0.1, 0.15) is 19.4 Å². The fraction of sp³-hybridized carbons (Fsp3) is 0.360. The van der Waals surface area contributed by atoms with Crippen LogP contribution in [0, 0.1) is 0 Å². The molecule has 0 spiro atoms. The Hall–Kier alpha value is -2.81. The minimum Gasteiger partial charge on any atom is -0.493 e. The Balaban J connectivity index is 0.00000408. The lowest BCUT2D eigenvalue weighted by molar-refractivity contribution is -0.114. The molecule has 0 radical (unpaired) electrons. The molecule has 0 unspecified atom stereocenters. The van der Waals surface area contributed by atoms with E-state index in [9.17, 15) is 4.79 Å². The maximum atomic E-state index is 13.3. The Bertz CT molecular complexity index is 1060. The van der Waals surface area contributed by atoms with Crippen molar-refractivity contribution < 1.29 is 19.0 Å². The number of para-hydroxylation sites is 1. The second kappa shape index (κ2) is 13.2. The predicted octanol–water partition coefficient (Wildman–Crippen LogP) is 5.13. The Morgan fingerprint density at radius 3 is 2.21 bits per heavy atom. The fourth-order valence-electron chi connectivity index (χ4n) is 3.51. The van der Waals surface area contributed by atoms with E-state index >= 15 is 0 Å². The maximum Gasteiger partial charge on any atom is 0.252 e. The summed E-state index contributed by atoms with van der Waals surface area (Å²) in [5.74, 6) is 1.45. The standard InChI is InChI=1S/C25H31N3O4S.ClH/c1-6-27(7-2)14-15-28(25-26-19-10-8-9-11-22(19)33-25)23(29)13-12-18-16-20(30-3)24(32-5)21(17-18)31-4;/h8-13,16-17H,6-7,14-15H2,1-5H3;1H. The minimum atomic E-state index is -0.130. The summed E-state index contributed by atoms with van der Waals surface area (Å²) in [6.07, 6.45) is 3.32. The molecule has 0 aliphatic carbocycles. The first-order valence-corrected chi connectivity index (χ1v) is 11.7. The molecule has 184 valence electrons. The molecule has 9 heteroatoms. The van der Waals surface area contributed by atoms with E-state index in [1.165, 1.54) is 11.3 Å². The summed E-state index contributed by atoms with van der Waals surface area (Å²) < 4.78 is 17.3. The van der Waals surface area contributed by atoms with Crippen molar-refractivity contribution in [3.05, 3.63) is 48.0 Å². The third kappa shape index (κ3) is 6.40. The molecule has 34 heavy (non-hydrogen) atoms. The number of ether oxygens (including phenoxy) is 3. The molecule has 0 aliphatic heterocycles. The van der Waals surface area contributed by atoms with Crippen LogP contribution in [0.25, 0.3) is 16.3 Å². The van der Waals surface area contributed by atoms with E-state index in [4.69, 9.17) is 19.2 Å². The number of benzene rings is 2. The van der Waals surface area contributed by atoms with Crippen LogP contribution in [0.3, 0.4) is 0 Å². The van der Waals surface area contributed by atoms with Gasteiger partial charge in [0, 0.05) is 19.2 Å². The average molecular weight is 506 g/mol. The van der Waals surface area contributed by atoms with Gasteiger partial charge in [-0.05, 0) is 49.0 Å². The fourth-order valence-corrected chi connectivity index (χ4v) is 4.51. The van der Waals surface area contributed by atoms with Crippen LogP contribution in [0.15, 0.2) is 42.5 Å². The quantitative estimate of drug-likeness (QED) is 0.336. The monoisotopic (exact) mass is 505 g/mol. The van der Waals surface area contributed by atoms with Gasteiger partial charge < -0.3 is 19.1 Å². The van der Waals surface area contributed by atoms with Crippen molar-refractivity contribution in [2.75, 3.05) is 52.4 Å². The molecule has 0 aliphatic rings.